The van der Waals surface area contributed by atoms with Crippen molar-refractivity contribution in [2.45, 2.75) is 20.0 Å². The Morgan fingerprint density at radius 2 is 2.29 bits per heavy atom. The Balaban J connectivity index is 1.77. The highest BCUT2D eigenvalue weighted by molar-refractivity contribution is 5.87. The average molecular weight is 284 g/mol. The minimum absolute atomic E-state index is 0.623. The number of rotatable bonds is 3. The van der Waals surface area contributed by atoms with Gasteiger partial charge >= 0.3 is 0 Å². The predicted octanol–water partition coefficient (Wildman–Crippen LogP) is 1.00. The van der Waals surface area contributed by atoms with E-state index in [1.807, 2.05) is 19.3 Å². The van der Waals surface area contributed by atoms with Crippen molar-refractivity contribution in [2.24, 2.45) is 0 Å². The standard InChI is InChI=1S/C13H16N8/c1-2-14-13-17-11-9(7-16-19-11)12(18-13)21-6-5-20-4-3-15-10(20)8-21/h3-4,7H,2,5-6,8H2,1H3,(H2,14,16,17,18,19). The fraction of sp³-hybridized carbons (Fsp3) is 0.385. The summed E-state index contributed by atoms with van der Waals surface area (Å²) >= 11 is 0. The molecule has 0 saturated heterocycles. The van der Waals surface area contributed by atoms with E-state index < -0.39 is 0 Å². The second-order valence-corrected chi connectivity index (χ2v) is 4.99. The lowest BCUT2D eigenvalue weighted by Crippen LogP contribution is -2.34. The summed E-state index contributed by atoms with van der Waals surface area (Å²) in [6.07, 6.45) is 5.64. The lowest BCUT2D eigenvalue weighted by molar-refractivity contribution is 0.557. The minimum Gasteiger partial charge on any atom is -0.354 e. The third kappa shape index (κ3) is 1.99. The molecular weight excluding hydrogens is 268 g/mol. The Labute approximate surface area is 121 Å². The highest BCUT2D eigenvalue weighted by Crippen LogP contribution is 2.26. The van der Waals surface area contributed by atoms with E-state index in [9.17, 15) is 0 Å². The molecule has 0 bridgehead atoms. The molecule has 0 atom stereocenters. The number of anilines is 2. The lowest BCUT2D eigenvalue weighted by atomic mass is 10.3. The number of H-pyrrole nitrogens is 1. The van der Waals surface area contributed by atoms with Gasteiger partial charge in [0.25, 0.3) is 0 Å². The van der Waals surface area contributed by atoms with Crippen molar-refractivity contribution < 1.29 is 0 Å². The molecule has 8 heteroatoms. The third-order valence-corrected chi connectivity index (χ3v) is 3.67. The number of hydrogen-bond donors (Lipinski definition) is 2. The fourth-order valence-electron chi connectivity index (χ4n) is 2.65. The maximum absolute atomic E-state index is 4.65. The Bertz CT molecular complexity index is 773. The molecule has 1 aliphatic rings. The van der Waals surface area contributed by atoms with E-state index in [-0.39, 0.29) is 0 Å². The van der Waals surface area contributed by atoms with Gasteiger partial charge in [-0.3, -0.25) is 5.10 Å². The minimum atomic E-state index is 0.623. The van der Waals surface area contributed by atoms with Gasteiger partial charge < -0.3 is 14.8 Å². The summed E-state index contributed by atoms with van der Waals surface area (Å²) in [7, 11) is 0. The van der Waals surface area contributed by atoms with Gasteiger partial charge in [-0.2, -0.15) is 15.1 Å². The molecule has 4 heterocycles. The molecule has 0 unspecified atom stereocenters. The van der Waals surface area contributed by atoms with Gasteiger partial charge in [-0.05, 0) is 6.92 Å². The van der Waals surface area contributed by atoms with Gasteiger partial charge in [-0.15, -0.1) is 0 Å². The number of fused-ring (bicyclic) bond motifs is 2. The van der Waals surface area contributed by atoms with E-state index in [4.69, 9.17) is 0 Å². The summed E-state index contributed by atoms with van der Waals surface area (Å²) in [5.74, 6) is 2.58. The van der Waals surface area contributed by atoms with Gasteiger partial charge in [0.05, 0.1) is 18.1 Å². The Hall–Kier alpha value is -2.64. The van der Waals surface area contributed by atoms with Crippen LogP contribution in [0.3, 0.4) is 0 Å². The first-order chi connectivity index (χ1) is 10.3. The maximum Gasteiger partial charge on any atom is 0.226 e. The zero-order valence-electron chi connectivity index (χ0n) is 11.7. The summed E-state index contributed by atoms with van der Waals surface area (Å²) < 4.78 is 2.18. The Morgan fingerprint density at radius 1 is 1.33 bits per heavy atom. The van der Waals surface area contributed by atoms with Gasteiger partial charge in [0.2, 0.25) is 5.95 Å². The molecule has 0 aliphatic carbocycles. The summed E-state index contributed by atoms with van der Waals surface area (Å²) in [5, 5.41) is 11.1. The van der Waals surface area contributed by atoms with Gasteiger partial charge in [-0.1, -0.05) is 0 Å². The normalized spacial score (nSPS) is 14.4. The topological polar surface area (TPSA) is 87.5 Å². The van der Waals surface area contributed by atoms with E-state index >= 15 is 0 Å². The Morgan fingerprint density at radius 3 is 3.19 bits per heavy atom. The lowest BCUT2D eigenvalue weighted by Gasteiger charge is -2.29. The monoisotopic (exact) mass is 284 g/mol. The first-order valence-electron chi connectivity index (χ1n) is 7.05. The van der Waals surface area contributed by atoms with Crippen molar-refractivity contribution in [3.8, 4) is 0 Å². The van der Waals surface area contributed by atoms with E-state index in [1.165, 1.54) is 0 Å². The molecular formula is C13H16N8. The van der Waals surface area contributed by atoms with E-state index in [2.05, 4.69) is 39.9 Å². The van der Waals surface area contributed by atoms with Crippen LogP contribution in [-0.4, -0.2) is 42.8 Å². The van der Waals surface area contributed by atoms with E-state index in [1.54, 1.807) is 6.20 Å². The quantitative estimate of drug-likeness (QED) is 0.746. The van der Waals surface area contributed by atoms with E-state index in [0.29, 0.717) is 5.95 Å². The molecule has 108 valence electrons. The third-order valence-electron chi connectivity index (χ3n) is 3.67. The van der Waals surface area contributed by atoms with Crippen LogP contribution in [0.4, 0.5) is 11.8 Å². The maximum atomic E-state index is 4.65. The average Bonchev–Trinajstić information content (AvgIpc) is 3.14. The van der Waals surface area contributed by atoms with Crippen molar-refractivity contribution in [1.29, 1.82) is 0 Å². The number of nitrogens with zero attached hydrogens (tertiary/aromatic N) is 6. The SMILES string of the molecule is CCNc1nc(N2CCn3ccnc3C2)c2cn[nH]c2n1. The molecule has 8 nitrogen and oxygen atoms in total. The molecule has 4 rings (SSSR count). The summed E-state index contributed by atoms with van der Waals surface area (Å²) in [6.45, 7) is 5.36. The van der Waals surface area contributed by atoms with Crippen LogP contribution in [0, 0.1) is 0 Å². The largest absolute Gasteiger partial charge is 0.354 e. The number of aromatic amines is 1. The van der Waals surface area contributed by atoms with Gasteiger partial charge in [0, 0.05) is 32.0 Å². The van der Waals surface area contributed by atoms with Crippen LogP contribution in [0.2, 0.25) is 0 Å². The van der Waals surface area contributed by atoms with E-state index in [0.717, 1.165) is 48.9 Å². The number of imidazole rings is 1. The smallest absolute Gasteiger partial charge is 0.226 e. The van der Waals surface area contributed by atoms with Gasteiger partial charge in [-0.25, -0.2) is 4.98 Å². The number of aromatic nitrogens is 6. The second-order valence-electron chi connectivity index (χ2n) is 4.99. The van der Waals surface area contributed by atoms with Crippen LogP contribution in [0.1, 0.15) is 12.7 Å². The zero-order chi connectivity index (χ0) is 14.2. The molecule has 0 saturated carbocycles. The molecule has 3 aromatic heterocycles. The van der Waals surface area contributed by atoms with Gasteiger partial charge in [0.1, 0.15) is 11.6 Å². The molecule has 0 fully saturated rings. The van der Waals surface area contributed by atoms with Crippen LogP contribution in [-0.2, 0) is 13.1 Å². The van der Waals surface area contributed by atoms with Crippen molar-refractivity contribution in [1.82, 2.24) is 29.7 Å². The molecule has 0 spiro atoms. The molecule has 21 heavy (non-hydrogen) atoms. The molecule has 0 aromatic carbocycles. The van der Waals surface area contributed by atoms with Gasteiger partial charge in [0.15, 0.2) is 5.65 Å². The highest BCUT2D eigenvalue weighted by atomic mass is 15.3. The molecule has 0 amide bonds. The molecule has 2 N–H and O–H groups in total. The van der Waals surface area contributed by atoms with Crippen molar-refractivity contribution >= 4 is 22.8 Å². The summed E-state index contributed by atoms with van der Waals surface area (Å²) in [6, 6.07) is 0. The Kier molecular flexibility index (Phi) is 2.73. The summed E-state index contributed by atoms with van der Waals surface area (Å²) in [4.78, 5) is 15.7. The van der Waals surface area contributed by atoms with Crippen LogP contribution in [0.5, 0.6) is 0 Å². The van der Waals surface area contributed by atoms with Crippen LogP contribution < -0.4 is 10.2 Å². The highest BCUT2D eigenvalue weighted by Gasteiger charge is 2.21. The molecule has 3 aromatic rings. The fourth-order valence-corrected chi connectivity index (χ4v) is 2.65. The molecule has 1 aliphatic heterocycles. The zero-order valence-corrected chi connectivity index (χ0v) is 11.7. The second kappa shape index (κ2) is 4.72. The first-order valence-corrected chi connectivity index (χ1v) is 7.05. The van der Waals surface area contributed by atoms with Crippen LogP contribution in [0.15, 0.2) is 18.6 Å². The number of nitrogens with one attached hydrogen (secondary N) is 2. The van der Waals surface area contributed by atoms with Crippen molar-refractivity contribution in [3.05, 3.63) is 24.4 Å². The first kappa shape index (κ1) is 12.1. The van der Waals surface area contributed by atoms with Crippen molar-refractivity contribution in [3.63, 3.8) is 0 Å². The van der Waals surface area contributed by atoms with Crippen molar-refractivity contribution in [2.75, 3.05) is 23.3 Å². The molecule has 0 radical (unpaired) electrons. The summed E-state index contributed by atoms with van der Waals surface area (Å²) in [5.41, 5.74) is 0.755. The van der Waals surface area contributed by atoms with Crippen LogP contribution >= 0.6 is 0 Å². The number of hydrogen-bond acceptors (Lipinski definition) is 6. The van der Waals surface area contributed by atoms with Crippen LogP contribution in [0.25, 0.3) is 11.0 Å². The predicted molar refractivity (Wildman–Crippen MR) is 79.1 cm³/mol.